The molecule has 608 valence electrons. The molecule has 0 saturated heterocycles. The van der Waals surface area contributed by atoms with Gasteiger partial charge in [0.25, 0.3) is 0 Å². The van der Waals surface area contributed by atoms with E-state index < -0.39 is 104 Å². The second-order valence-corrected chi connectivity index (χ2v) is 27.8. The average molecular weight is 1580 g/mol. The predicted octanol–water partition coefficient (Wildman–Crippen LogP) is 11.3. The topological polar surface area (TPSA) is 433 Å². The number of rotatable bonds is 30. The van der Waals surface area contributed by atoms with E-state index in [1.54, 1.807) is 76.2 Å². The minimum absolute atomic E-state index is 0.0362. The summed E-state index contributed by atoms with van der Waals surface area (Å²) in [6, 6.07) is 19.7. The quantitative estimate of drug-likeness (QED) is 0.0163. The van der Waals surface area contributed by atoms with E-state index >= 15 is 0 Å². The molecule has 3 fully saturated rings. The van der Waals surface area contributed by atoms with Gasteiger partial charge in [-0.15, -0.1) is 0 Å². The van der Waals surface area contributed by atoms with E-state index in [1.807, 2.05) is 13.8 Å². The van der Waals surface area contributed by atoms with Crippen LogP contribution in [0.1, 0.15) is 227 Å². The first kappa shape index (κ1) is 88.4. The van der Waals surface area contributed by atoms with Crippen molar-refractivity contribution in [1.29, 1.82) is 0 Å². The molecule has 113 heavy (non-hydrogen) atoms. The fourth-order valence-electron chi connectivity index (χ4n) is 12.7. The van der Waals surface area contributed by atoms with Crippen LogP contribution in [-0.2, 0) is 102 Å². The number of carbonyl (C=O) groups excluding carboxylic acids is 12. The summed E-state index contributed by atoms with van der Waals surface area (Å²) in [7, 11) is -4.76. The molecule has 4 N–H and O–H groups in total. The van der Waals surface area contributed by atoms with Crippen LogP contribution in [0.5, 0.6) is 23.0 Å². The van der Waals surface area contributed by atoms with Gasteiger partial charge in [0.1, 0.15) is 92.8 Å². The zero-order valence-electron chi connectivity index (χ0n) is 64.2. The van der Waals surface area contributed by atoms with Crippen LogP contribution in [0.25, 0.3) is 0 Å². The maximum atomic E-state index is 12.4. The number of esters is 4. The van der Waals surface area contributed by atoms with Gasteiger partial charge >= 0.3 is 77.0 Å². The lowest BCUT2D eigenvalue weighted by Gasteiger charge is -2.28. The number of hydrogen-bond donors (Lipinski definition) is 4. The van der Waals surface area contributed by atoms with Crippen molar-refractivity contribution in [3.63, 3.8) is 0 Å². The molecule has 4 atom stereocenters. The first-order valence-electron chi connectivity index (χ1n) is 38.3. The number of ether oxygens (including phenoxy) is 12. The third-order valence-corrected chi connectivity index (χ3v) is 19.6. The van der Waals surface area contributed by atoms with Gasteiger partial charge in [0.05, 0.1) is 0 Å². The molecule has 36 heteroatoms. The summed E-state index contributed by atoms with van der Waals surface area (Å²) in [6.45, 7) is 8.51. The highest BCUT2D eigenvalue weighted by molar-refractivity contribution is 6.48. The number of Topliss-reactive ketones (excluding diaryl/α,β-unsaturated/α-hetero) is 4. The molecular formula is C77H96B4O32. The predicted molar refractivity (Wildman–Crippen MR) is 398 cm³/mol. The Bertz CT molecular complexity index is 3850. The third-order valence-electron chi connectivity index (χ3n) is 19.6. The van der Waals surface area contributed by atoms with Crippen LogP contribution in [0.15, 0.2) is 72.8 Å². The largest absolute Gasteiger partial charge is 0.535 e. The monoisotopic (exact) mass is 1580 g/mol. The van der Waals surface area contributed by atoms with Crippen molar-refractivity contribution in [1.82, 2.24) is 0 Å². The van der Waals surface area contributed by atoms with Crippen molar-refractivity contribution in [3.8, 4) is 23.0 Å². The summed E-state index contributed by atoms with van der Waals surface area (Å²) in [5.74, 6) is -3.44. The fraction of sp³-hybridized carbons (Fsp3) is 0.532. The molecule has 0 bridgehead atoms. The number of para-hydroxylation sites is 4. The van der Waals surface area contributed by atoms with Crippen molar-refractivity contribution in [2.75, 3.05) is 27.2 Å². The Morgan fingerprint density at radius 2 is 0.593 bits per heavy atom. The van der Waals surface area contributed by atoms with Gasteiger partial charge in [-0.2, -0.15) is 0 Å². The van der Waals surface area contributed by atoms with E-state index in [0.717, 1.165) is 57.8 Å². The molecular weight excluding hydrogens is 1480 g/mol. The molecule has 4 aromatic rings. The number of benzene rings is 4. The molecule has 7 aliphatic rings. The molecule has 4 aromatic carbocycles. The van der Waals surface area contributed by atoms with E-state index in [4.69, 9.17) is 75.5 Å². The van der Waals surface area contributed by atoms with E-state index in [-0.39, 0.29) is 142 Å². The summed E-state index contributed by atoms with van der Waals surface area (Å²) in [5, 5.41) is 40.9. The summed E-state index contributed by atoms with van der Waals surface area (Å²) in [5.41, 5.74) is 3.29. The lowest BCUT2D eigenvalue weighted by molar-refractivity contribution is -0.119. The van der Waals surface area contributed by atoms with Crippen LogP contribution in [0, 0.1) is 0 Å². The van der Waals surface area contributed by atoms with E-state index in [0.29, 0.717) is 86.5 Å². The maximum Gasteiger partial charge on any atom is 0.526 e. The summed E-state index contributed by atoms with van der Waals surface area (Å²) in [6.07, 6.45) is 9.19. The SMILES string of the molecule is CCC(=O)C[C@H]1Cc2cccc(C(=O)OCOC(=O)OC(CC)CC)c2OB1O.CCC(=O)C[C@H]1Cc2cccc(C(=O)OCOC(=O)OC3CC3)c2OB1O.CCC(=O)C[C@H]1Cc2cccc(C(=O)OCOC(=O)OC3CCC3)c2OB1O.CCC(=O)C[C@H]1Cc2cccc(C(=O)OCOC(=O)OC3CCCC3)c2OB1O. The van der Waals surface area contributed by atoms with Gasteiger partial charge in [-0.3, -0.25) is 19.2 Å². The highest BCUT2D eigenvalue weighted by Gasteiger charge is 2.42. The lowest BCUT2D eigenvalue weighted by Crippen LogP contribution is -2.35. The molecule has 4 aliphatic heterocycles. The van der Waals surface area contributed by atoms with Crippen molar-refractivity contribution in [3.05, 3.63) is 117 Å². The second-order valence-electron chi connectivity index (χ2n) is 27.8. The Labute approximate surface area is 654 Å². The van der Waals surface area contributed by atoms with Crippen LogP contribution < -0.4 is 18.6 Å². The number of carbonyl (C=O) groups is 12. The van der Waals surface area contributed by atoms with Gasteiger partial charge < -0.3 is 95.6 Å². The molecule has 0 unspecified atom stereocenters. The molecule has 4 heterocycles. The zero-order chi connectivity index (χ0) is 81.7. The van der Waals surface area contributed by atoms with Crippen molar-refractivity contribution < 1.29 is 153 Å². The van der Waals surface area contributed by atoms with Crippen molar-refractivity contribution in [2.45, 2.75) is 237 Å². The first-order valence-corrected chi connectivity index (χ1v) is 38.3. The van der Waals surface area contributed by atoms with Crippen LogP contribution in [-0.4, -0.2) is 172 Å². The Morgan fingerprint density at radius 1 is 0.345 bits per heavy atom. The van der Waals surface area contributed by atoms with E-state index in [9.17, 15) is 77.6 Å². The molecule has 32 nitrogen and oxygen atoms in total. The second kappa shape index (κ2) is 44.3. The molecule has 0 radical (unpaired) electrons. The normalized spacial score (nSPS) is 17.6. The molecule has 0 spiro atoms. The van der Waals surface area contributed by atoms with Crippen LogP contribution in [0.4, 0.5) is 19.2 Å². The van der Waals surface area contributed by atoms with Crippen molar-refractivity contribution in [2.24, 2.45) is 0 Å². The maximum absolute atomic E-state index is 12.4. The lowest BCUT2D eigenvalue weighted by atomic mass is 9.64. The molecule has 3 aliphatic carbocycles. The smallest absolute Gasteiger partial charge is 0.526 e. The first-order chi connectivity index (χ1) is 54.3. The van der Waals surface area contributed by atoms with Gasteiger partial charge in [-0.1, -0.05) is 90.1 Å². The highest BCUT2D eigenvalue weighted by Crippen LogP contribution is 2.41. The molecule has 0 amide bonds. The molecule has 3 saturated carbocycles. The zero-order valence-corrected chi connectivity index (χ0v) is 64.2. The molecule has 0 aromatic heterocycles. The third kappa shape index (κ3) is 27.0. The van der Waals surface area contributed by atoms with Gasteiger partial charge in [0.2, 0.25) is 27.2 Å². The van der Waals surface area contributed by atoms with E-state index in [2.05, 4.69) is 0 Å². The van der Waals surface area contributed by atoms with Gasteiger partial charge in [-0.25, -0.2) is 38.4 Å². The Morgan fingerprint density at radius 3 is 0.823 bits per heavy atom. The van der Waals surface area contributed by atoms with E-state index in [1.165, 1.54) is 24.3 Å². The number of hydrogen-bond acceptors (Lipinski definition) is 32. The standard InChI is InChI=1S/C20H25BO8.C20H27BO8.C19H23BO8.C18H21BO8/c1-2-15(22)11-14-10-13-6-5-9-17(18(13)29-21(14)25)19(23)26-12-27-20(24)28-16-7-3-4-8-16;1-4-15(22)11-14-10-13-8-7-9-17(18(13)29-21(14)25)19(23)26-12-27-20(24)28-16(5-2)6-3;1-2-14(21)10-13-9-12-5-3-8-16(17(12)28-20(13)24)18(22)25-11-26-19(23)27-15-6-4-7-15;1-2-13(20)9-12-8-11-4-3-5-15(16(11)27-19(12)23)17(21)24-10-25-18(22)26-14-6-7-14/h5-6,9,14,16,25H,2-4,7-8,10-12H2,1H3;7-9,14,16,25H,4-6,10-12H2,1-3H3;3,5,8,13,15,24H,2,4,6-7,9-11H2,1H3;3-5,12,14,23H,2,6-10H2,1H3/t2*14-;13-;12-/m1111/s1. The number of fused-ring (bicyclic) bond motifs is 4. The van der Waals surface area contributed by atoms with Gasteiger partial charge in [0.15, 0.2) is 0 Å². The summed E-state index contributed by atoms with van der Waals surface area (Å²) in [4.78, 5) is 142. The Hall–Kier alpha value is -10.2. The van der Waals surface area contributed by atoms with Gasteiger partial charge in [-0.05, 0) is 143 Å². The van der Waals surface area contributed by atoms with Crippen LogP contribution >= 0.6 is 0 Å². The van der Waals surface area contributed by atoms with Crippen molar-refractivity contribution >= 4 is 100 Å². The minimum atomic E-state index is -1.20. The molecule has 11 rings (SSSR count). The highest BCUT2D eigenvalue weighted by atomic mass is 16.8. The summed E-state index contributed by atoms with van der Waals surface area (Å²) < 4.78 is 81.0. The van der Waals surface area contributed by atoms with Crippen LogP contribution in [0.3, 0.4) is 0 Å². The fourth-order valence-corrected chi connectivity index (χ4v) is 12.7. The summed E-state index contributed by atoms with van der Waals surface area (Å²) >= 11 is 0. The number of ketones is 4. The Kier molecular flexibility index (Phi) is 34.7. The Balaban J connectivity index is 0.000000189. The average Bonchev–Trinajstić information content (AvgIpc) is 1.80. The minimum Gasteiger partial charge on any atom is -0.535 e. The van der Waals surface area contributed by atoms with Crippen LogP contribution in [0.2, 0.25) is 23.3 Å². The van der Waals surface area contributed by atoms with Gasteiger partial charge in [0, 0.05) is 74.6 Å².